The van der Waals surface area contributed by atoms with Gasteiger partial charge in [0, 0.05) is 5.92 Å². The van der Waals surface area contributed by atoms with Gasteiger partial charge in [0.2, 0.25) is 0 Å². The van der Waals surface area contributed by atoms with Crippen molar-refractivity contribution in [2.24, 2.45) is 5.92 Å². The topological polar surface area (TPSA) is 0 Å². The molecule has 1 atom stereocenters. The minimum absolute atomic E-state index is 0.780. The van der Waals surface area contributed by atoms with Crippen molar-refractivity contribution in [3.63, 3.8) is 0 Å². The Morgan fingerprint density at radius 2 is 1.92 bits per heavy atom. The lowest BCUT2D eigenvalue weighted by Crippen LogP contribution is -2.39. The van der Waals surface area contributed by atoms with Crippen molar-refractivity contribution < 1.29 is 4.48 Å². The van der Waals surface area contributed by atoms with E-state index < -0.39 is 0 Å². The Kier molecular flexibility index (Phi) is 3.55. The second-order valence-corrected chi connectivity index (χ2v) is 5.43. The van der Waals surface area contributed by atoms with Gasteiger partial charge in [0.25, 0.3) is 0 Å². The maximum Gasteiger partial charge on any atom is 0.0846 e. The number of hydrogen-bond donors (Lipinski definition) is 0. The molecule has 0 aromatic carbocycles. The van der Waals surface area contributed by atoms with E-state index in [9.17, 15) is 0 Å². The number of hydrogen-bond acceptors (Lipinski definition) is 0. The van der Waals surface area contributed by atoms with Gasteiger partial charge < -0.3 is 4.48 Å². The molecule has 0 amide bonds. The van der Waals surface area contributed by atoms with Crippen LogP contribution < -0.4 is 0 Å². The van der Waals surface area contributed by atoms with Crippen LogP contribution >= 0.6 is 0 Å². The summed E-state index contributed by atoms with van der Waals surface area (Å²) in [6.45, 7) is 5.49. The molecule has 1 saturated carbocycles. The third kappa shape index (κ3) is 3.95. The maximum absolute atomic E-state index is 4.23. The van der Waals surface area contributed by atoms with E-state index in [1.54, 1.807) is 0 Å². The highest BCUT2D eigenvalue weighted by Crippen LogP contribution is 2.27. The van der Waals surface area contributed by atoms with Crippen molar-refractivity contribution in [2.45, 2.75) is 32.1 Å². The van der Waals surface area contributed by atoms with Crippen LogP contribution in [0.2, 0.25) is 0 Å². The molecule has 1 nitrogen and oxygen atoms in total. The van der Waals surface area contributed by atoms with Crippen LogP contribution in [0.5, 0.6) is 0 Å². The van der Waals surface area contributed by atoms with Gasteiger partial charge in [-0.3, -0.25) is 0 Å². The zero-order valence-electron chi connectivity index (χ0n) is 9.47. The second kappa shape index (κ2) is 4.28. The van der Waals surface area contributed by atoms with Gasteiger partial charge in [-0.25, -0.2) is 0 Å². The number of rotatable bonds is 2. The molecule has 0 saturated heterocycles. The summed E-state index contributed by atoms with van der Waals surface area (Å²) in [5.41, 5.74) is 1.51. The Morgan fingerprint density at radius 1 is 1.23 bits per heavy atom. The zero-order chi connectivity index (χ0) is 9.90. The van der Waals surface area contributed by atoms with E-state index in [-0.39, 0.29) is 0 Å². The van der Waals surface area contributed by atoms with Gasteiger partial charge in [0.05, 0.1) is 27.7 Å². The molecule has 76 valence electrons. The summed E-state index contributed by atoms with van der Waals surface area (Å²) in [7, 11) is 6.83. The average Bonchev–Trinajstić information content (AvgIpc) is 2.14. The van der Waals surface area contributed by atoms with Crippen LogP contribution in [0, 0.1) is 5.92 Å². The Hall–Kier alpha value is -0.300. The molecule has 0 heterocycles. The van der Waals surface area contributed by atoms with E-state index >= 15 is 0 Å². The van der Waals surface area contributed by atoms with Crippen molar-refractivity contribution in [1.82, 2.24) is 0 Å². The summed E-state index contributed by atoms with van der Waals surface area (Å²) in [5, 5.41) is 0. The third-order valence-electron chi connectivity index (χ3n) is 2.90. The van der Waals surface area contributed by atoms with Crippen LogP contribution in [-0.2, 0) is 0 Å². The molecule has 0 aromatic rings. The normalized spacial score (nSPS) is 25.8. The third-order valence-corrected chi connectivity index (χ3v) is 2.90. The molecule has 1 aliphatic carbocycles. The first-order chi connectivity index (χ1) is 5.99. The lowest BCUT2D eigenvalue weighted by molar-refractivity contribution is -0.873. The lowest BCUT2D eigenvalue weighted by Gasteiger charge is -2.29. The van der Waals surface area contributed by atoms with E-state index in [0.717, 1.165) is 10.4 Å². The fourth-order valence-electron chi connectivity index (χ4n) is 2.21. The van der Waals surface area contributed by atoms with E-state index in [4.69, 9.17) is 0 Å². The van der Waals surface area contributed by atoms with Crippen molar-refractivity contribution in [1.29, 1.82) is 0 Å². The lowest BCUT2D eigenvalue weighted by atomic mass is 9.95. The minimum Gasteiger partial charge on any atom is -0.330 e. The Labute approximate surface area is 83.0 Å². The van der Waals surface area contributed by atoms with Crippen LogP contribution in [0.25, 0.3) is 0 Å². The van der Waals surface area contributed by atoms with Crippen LogP contribution in [0.4, 0.5) is 0 Å². The summed E-state index contributed by atoms with van der Waals surface area (Å²) < 4.78 is 1.07. The van der Waals surface area contributed by atoms with Crippen LogP contribution in [0.3, 0.4) is 0 Å². The SMILES string of the molecule is C=C1CCCCCC1C[N+](C)(C)C. The quantitative estimate of drug-likeness (QED) is 0.350. The molecule has 0 spiro atoms. The smallest absolute Gasteiger partial charge is 0.0846 e. The molecule has 0 aliphatic heterocycles. The summed E-state index contributed by atoms with van der Waals surface area (Å²) in [6.07, 6.45) is 6.82. The van der Waals surface area contributed by atoms with Crippen molar-refractivity contribution in [2.75, 3.05) is 27.7 Å². The highest BCUT2D eigenvalue weighted by molar-refractivity contribution is 5.01. The predicted molar refractivity (Wildman–Crippen MR) is 58.6 cm³/mol. The van der Waals surface area contributed by atoms with E-state index in [0.29, 0.717) is 0 Å². The molecule has 1 unspecified atom stereocenters. The molecule has 0 bridgehead atoms. The molecule has 0 N–H and O–H groups in total. The summed E-state index contributed by atoms with van der Waals surface area (Å²) >= 11 is 0. The highest BCUT2D eigenvalue weighted by atomic mass is 15.3. The summed E-state index contributed by atoms with van der Waals surface area (Å²) in [5.74, 6) is 0.780. The zero-order valence-corrected chi connectivity index (χ0v) is 9.47. The molecule has 1 aliphatic rings. The van der Waals surface area contributed by atoms with E-state index in [1.807, 2.05) is 0 Å². The van der Waals surface area contributed by atoms with Crippen LogP contribution in [0.15, 0.2) is 12.2 Å². The van der Waals surface area contributed by atoms with Crippen molar-refractivity contribution in [3.05, 3.63) is 12.2 Å². The first-order valence-electron chi connectivity index (χ1n) is 5.47. The Morgan fingerprint density at radius 3 is 2.54 bits per heavy atom. The van der Waals surface area contributed by atoms with E-state index in [1.165, 1.54) is 44.2 Å². The monoisotopic (exact) mass is 182 g/mol. The Balaban J connectivity index is 2.50. The highest BCUT2D eigenvalue weighted by Gasteiger charge is 2.21. The standard InChI is InChI=1S/C12H24N/c1-11-8-6-5-7-9-12(11)10-13(2,3)4/h12H,1,5-10H2,2-4H3/q+1. The number of quaternary nitrogens is 1. The molecule has 1 heteroatoms. The van der Waals surface area contributed by atoms with Crippen LogP contribution in [-0.4, -0.2) is 32.2 Å². The fraction of sp³-hybridized carbons (Fsp3) is 0.833. The van der Waals surface area contributed by atoms with Crippen LogP contribution in [0.1, 0.15) is 32.1 Å². The van der Waals surface area contributed by atoms with Crippen molar-refractivity contribution in [3.8, 4) is 0 Å². The van der Waals surface area contributed by atoms with Gasteiger partial charge in [-0.05, 0) is 19.3 Å². The molecule has 1 fully saturated rings. The molecule has 13 heavy (non-hydrogen) atoms. The van der Waals surface area contributed by atoms with Gasteiger partial charge in [0.15, 0.2) is 0 Å². The summed E-state index contributed by atoms with van der Waals surface area (Å²) in [4.78, 5) is 0. The predicted octanol–water partition coefficient (Wildman–Crippen LogP) is 2.83. The first-order valence-corrected chi connectivity index (χ1v) is 5.47. The summed E-state index contributed by atoms with van der Waals surface area (Å²) in [6, 6.07) is 0. The molecule has 0 aromatic heterocycles. The van der Waals surface area contributed by atoms with Gasteiger partial charge >= 0.3 is 0 Å². The fourth-order valence-corrected chi connectivity index (χ4v) is 2.21. The van der Waals surface area contributed by atoms with Gasteiger partial charge in [0.1, 0.15) is 0 Å². The van der Waals surface area contributed by atoms with Gasteiger partial charge in [-0.2, -0.15) is 0 Å². The molecule has 1 rings (SSSR count). The Bertz CT molecular complexity index is 176. The largest absolute Gasteiger partial charge is 0.330 e. The van der Waals surface area contributed by atoms with E-state index in [2.05, 4.69) is 27.7 Å². The minimum atomic E-state index is 0.780. The van der Waals surface area contributed by atoms with Gasteiger partial charge in [-0.15, -0.1) is 0 Å². The first kappa shape index (κ1) is 10.8. The molecular formula is C12H24N+. The number of nitrogens with zero attached hydrogens (tertiary/aromatic N) is 1. The van der Waals surface area contributed by atoms with Gasteiger partial charge in [-0.1, -0.05) is 25.0 Å². The average molecular weight is 182 g/mol. The second-order valence-electron chi connectivity index (χ2n) is 5.43. The molecular weight excluding hydrogens is 158 g/mol. The van der Waals surface area contributed by atoms with Crippen molar-refractivity contribution >= 4 is 0 Å². The maximum atomic E-state index is 4.23. The molecule has 0 radical (unpaired) electrons.